The Morgan fingerprint density at radius 1 is 1.40 bits per heavy atom. The van der Waals surface area contributed by atoms with Crippen molar-refractivity contribution in [2.75, 3.05) is 11.1 Å². The van der Waals surface area contributed by atoms with Gasteiger partial charge in [-0.3, -0.25) is 9.89 Å². The largest absolute Gasteiger partial charge is 0.308 e. The first kappa shape index (κ1) is 15.2. The maximum absolute atomic E-state index is 11.8. The van der Waals surface area contributed by atoms with Gasteiger partial charge in [-0.05, 0) is 24.6 Å². The molecule has 0 aliphatic rings. The summed E-state index contributed by atoms with van der Waals surface area (Å²) >= 11 is 13.3. The van der Waals surface area contributed by atoms with Crippen LogP contribution in [0.4, 0.5) is 5.82 Å². The van der Waals surface area contributed by atoms with Crippen LogP contribution in [0, 0.1) is 0 Å². The molecule has 0 saturated carbocycles. The molecule has 0 atom stereocenters. The molecule has 1 aromatic carbocycles. The van der Waals surface area contributed by atoms with E-state index in [4.69, 9.17) is 23.2 Å². The number of aryl methyl sites for hydroxylation is 1. The van der Waals surface area contributed by atoms with Crippen molar-refractivity contribution in [3.8, 4) is 0 Å². The van der Waals surface area contributed by atoms with Crippen LogP contribution in [-0.2, 0) is 11.2 Å². The number of anilines is 1. The first-order valence-corrected chi connectivity index (χ1v) is 7.74. The molecule has 1 heterocycles. The molecule has 0 aliphatic heterocycles. The lowest BCUT2D eigenvalue weighted by Crippen LogP contribution is -2.14. The molecule has 0 unspecified atom stereocenters. The average molecular weight is 330 g/mol. The van der Waals surface area contributed by atoms with E-state index in [1.54, 1.807) is 18.2 Å². The van der Waals surface area contributed by atoms with Gasteiger partial charge >= 0.3 is 0 Å². The van der Waals surface area contributed by atoms with Gasteiger partial charge in [-0.1, -0.05) is 30.1 Å². The van der Waals surface area contributed by atoms with E-state index >= 15 is 0 Å². The molecule has 106 valence electrons. The van der Waals surface area contributed by atoms with Gasteiger partial charge in [0, 0.05) is 21.7 Å². The van der Waals surface area contributed by atoms with Crippen LogP contribution in [0.25, 0.3) is 0 Å². The zero-order chi connectivity index (χ0) is 14.5. The van der Waals surface area contributed by atoms with E-state index in [0.717, 1.165) is 17.0 Å². The minimum atomic E-state index is -0.139. The van der Waals surface area contributed by atoms with Crippen LogP contribution in [0.3, 0.4) is 0 Å². The quantitative estimate of drug-likeness (QED) is 0.815. The molecule has 4 nitrogen and oxygen atoms in total. The number of nitrogens with one attached hydrogen (secondary N) is 2. The van der Waals surface area contributed by atoms with Crippen LogP contribution in [-0.4, -0.2) is 21.9 Å². The lowest BCUT2D eigenvalue weighted by Gasteiger charge is -2.04. The lowest BCUT2D eigenvalue weighted by molar-refractivity contribution is -0.113. The van der Waals surface area contributed by atoms with E-state index in [-0.39, 0.29) is 11.7 Å². The predicted molar refractivity (Wildman–Crippen MR) is 83.8 cm³/mol. The Kier molecular flexibility index (Phi) is 5.34. The molecule has 1 amide bonds. The van der Waals surface area contributed by atoms with Gasteiger partial charge in [-0.15, -0.1) is 11.8 Å². The third-order valence-corrected chi connectivity index (χ3v) is 4.26. The van der Waals surface area contributed by atoms with Crippen LogP contribution in [0.2, 0.25) is 10.0 Å². The van der Waals surface area contributed by atoms with Crippen molar-refractivity contribution < 1.29 is 4.79 Å². The fourth-order valence-electron chi connectivity index (χ4n) is 1.52. The summed E-state index contributed by atoms with van der Waals surface area (Å²) in [5.74, 6) is 0.638. The molecular formula is C13H13Cl2N3OS. The van der Waals surface area contributed by atoms with E-state index in [0.29, 0.717) is 15.9 Å². The van der Waals surface area contributed by atoms with E-state index in [1.807, 2.05) is 13.0 Å². The monoisotopic (exact) mass is 329 g/mol. The number of H-pyrrole nitrogens is 1. The number of aromatic amines is 1. The highest BCUT2D eigenvalue weighted by Crippen LogP contribution is 2.29. The summed E-state index contributed by atoms with van der Waals surface area (Å²) in [6.45, 7) is 2.01. The minimum absolute atomic E-state index is 0.139. The molecule has 7 heteroatoms. The van der Waals surface area contributed by atoms with Crippen molar-refractivity contribution >= 4 is 46.7 Å². The molecule has 0 bridgehead atoms. The minimum Gasteiger partial charge on any atom is -0.308 e. The number of benzene rings is 1. The van der Waals surface area contributed by atoms with Gasteiger partial charge in [-0.2, -0.15) is 5.10 Å². The highest BCUT2D eigenvalue weighted by Gasteiger charge is 2.08. The number of thioether (sulfide) groups is 1. The number of hydrogen-bond donors (Lipinski definition) is 2. The summed E-state index contributed by atoms with van der Waals surface area (Å²) in [5, 5.41) is 10.7. The number of carbonyl (C=O) groups is 1. The van der Waals surface area contributed by atoms with Crippen molar-refractivity contribution in [3.63, 3.8) is 0 Å². The summed E-state index contributed by atoms with van der Waals surface area (Å²) in [5.41, 5.74) is 0.978. The molecular weight excluding hydrogens is 317 g/mol. The third-order valence-electron chi connectivity index (χ3n) is 2.53. The maximum atomic E-state index is 11.8. The topological polar surface area (TPSA) is 57.8 Å². The van der Waals surface area contributed by atoms with E-state index in [9.17, 15) is 4.79 Å². The van der Waals surface area contributed by atoms with Crippen LogP contribution in [0.15, 0.2) is 29.2 Å². The maximum Gasteiger partial charge on any atom is 0.235 e. The summed E-state index contributed by atoms with van der Waals surface area (Å²) in [7, 11) is 0. The number of aromatic nitrogens is 2. The first-order chi connectivity index (χ1) is 9.58. The summed E-state index contributed by atoms with van der Waals surface area (Å²) in [6, 6.07) is 6.98. The second-order valence-electron chi connectivity index (χ2n) is 4.04. The summed E-state index contributed by atoms with van der Waals surface area (Å²) < 4.78 is 0. The van der Waals surface area contributed by atoms with Crippen molar-refractivity contribution in [2.45, 2.75) is 18.2 Å². The second kappa shape index (κ2) is 7.02. The summed E-state index contributed by atoms with van der Waals surface area (Å²) in [6.07, 6.45) is 0.843. The highest BCUT2D eigenvalue weighted by molar-refractivity contribution is 8.00. The van der Waals surface area contributed by atoms with Crippen LogP contribution in [0.5, 0.6) is 0 Å². The Bertz CT molecular complexity index is 615. The van der Waals surface area contributed by atoms with Crippen molar-refractivity contribution in [1.29, 1.82) is 0 Å². The average Bonchev–Trinajstić information content (AvgIpc) is 2.87. The van der Waals surface area contributed by atoms with Gasteiger partial charge in [0.2, 0.25) is 5.91 Å². The van der Waals surface area contributed by atoms with Crippen LogP contribution in [0.1, 0.15) is 12.6 Å². The molecule has 2 rings (SSSR count). The van der Waals surface area contributed by atoms with Crippen molar-refractivity contribution in [2.24, 2.45) is 0 Å². The first-order valence-electron chi connectivity index (χ1n) is 6.00. The third kappa shape index (κ3) is 4.16. The van der Waals surface area contributed by atoms with Gasteiger partial charge in [0.25, 0.3) is 0 Å². The Balaban J connectivity index is 1.90. The van der Waals surface area contributed by atoms with Crippen LogP contribution < -0.4 is 5.32 Å². The SMILES string of the molecule is CCc1cc(NC(=O)CSc2cc(Cl)ccc2Cl)n[nH]1. The molecule has 0 aliphatic carbocycles. The van der Waals surface area contributed by atoms with E-state index in [1.165, 1.54) is 11.8 Å². The second-order valence-corrected chi connectivity index (χ2v) is 5.90. The highest BCUT2D eigenvalue weighted by atomic mass is 35.5. The lowest BCUT2D eigenvalue weighted by atomic mass is 10.3. The number of carbonyl (C=O) groups excluding carboxylic acids is 1. The van der Waals surface area contributed by atoms with E-state index < -0.39 is 0 Å². The fraction of sp³-hybridized carbons (Fsp3) is 0.231. The summed E-state index contributed by atoms with van der Waals surface area (Å²) in [4.78, 5) is 12.6. The van der Waals surface area contributed by atoms with Crippen molar-refractivity contribution in [1.82, 2.24) is 10.2 Å². The molecule has 20 heavy (non-hydrogen) atoms. The molecule has 0 fully saturated rings. The molecule has 1 aromatic heterocycles. The standard InChI is InChI=1S/C13H13Cl2N3OS/c1-2-9-6-12(18-17-9)16-13(19)7-20-11-5-8(14)3-4-10(11)15/h3-6H,2,7H2,1H3,(H2,16,17,18,19). The van der Waals surface area contributed by atoms with Gasteiger partial charge in [0.15, 0.2) is 5.82 Å². The zero-order valence-corrected chi connectivity index (χ0v) is 13.1. The molecule has 0 radical (unpaired) electrons. The predicted octanol–water partition coefficient (Wildman–Crippen LogP) is 4.01. The Morgan fingerprint density at radius 3 is 2.90 bits per heavy atom. The zero-order valence-electron chi connectivity index (χ0n) is 10.7. The number of amides is 1. The molecule has 2 aromatic rings. The number of halogens is 2. The Labute approximate surface area is 131 Å². The molecule has 2 N–H and O–H groups in total. The van der Waals surface area contributed by atoms with E-state index in [2.05, 4.69) is 15.5 Å². The fourth-order valence-corrected chi connectivity index (χ4v) is 2.81. The number of nitrogens with zero attached hydrogens (tertiary/aromatic N) is 1. The van der Waals surface area contributed by atoms with Gasteiger partial charge in [-0.25, -0.2) is 0 Å². The van der Waals surface area contributed by atoms with Crippen LogP contribution >= 0.6 is 35.0 Å². The number of rotatable bonds is 5. The molecule has 0 spiro atoms. The Morgan fingerprint density at radius 2 is 2.20 bits per heavy atom. The normalized spacial score (nSPS) is 10.6. The van der Waals surface area contributed by atoms with Gasteiger partial charge in [0.05, 0.1) is 10.8 Å². The number of hydrogen-bond acceptors (Lipinski definition) is 3. The van der Waals surface area contributed by atoms with Gasteiger partial charge in [0.1, 0.15) is 0 Å². The smallest absolute Gasteiger partial charge is 0.235 e. The van der Waals surface area contributed by atoms with Crippen molar-refractivity contribution in [3.05, 3.63) is 40.0 Å². The Hall–Kier alpha value is -1.17. The molecule has 0 saturated heterocycles. The van der Waals surface area contributed by atoms with Gasteiger partial charge < -0.3 is 5.32 Å².